The quantitative estimate of drug-likeness (QED) is 0.753. The number of carbonyl (C=O) groups is 2. The maximum atomic E-state index is 12.3. The molecule has 3 unspecified atom stereocenters. The fraction of sp³-hybridized carbons (Fsp3) is 0.500. The summed E-state index contributed by atoms with van der Waals surface area (Å²) in [4.78, 5) is 23.7. The van der Waals surface area contributed by atoms with Gasteiger partial charge in [-0.25, -0.2) is 4.79 Å². The van der Waals surface area contributed by atoms with Crippen LogP contribution in [0, 0.1) is 5.92 Å². The van der Waals surface area contributed by atoms with Gasteiger partial charge in [0.1, 0.15) is 6.04 Å². The van der Waals surface area contributed by atoms with Crippen molar-refractivity contribution in [3.8, 4) is 0 Å². The minimum Gasteiger partial charge on any atom is -0.480 e. The maximum Gasteiger partial charge on any atom is 0.326 e. The van der Waals surface area contributed by atoms with Gasteiger partial charge < -0.3 is 15.7 Å². The Morgan fingerprint density at radius 2 is 2.05 bits per heavy atom. The molecule has 0 aliphatic carbocycles. The highest BCUT2D eigenvalue weighted by atomic mass is 16.4. The predicted octanol–water partition coefficient (Wildman–Crippen LogP) is 0.939. The van der Waals surface area contributed by atoms with Crippen LogP contribution in [0.2, 0.25) is 0 Å². The third kappa shape index (κ3) is 3.08. The summed E-state index contributed by atoms with van der Waals surface area (Å²) in [6.45, 7) is 0. The first-order valence-electron chi connectivity index (χ1n) is 7.46. The number of benzene rings is 1. The Morgan fingerprint density at radius 1 is 1.29 bits per heavy atom. The van der Waals surface area contributed by atoms with E-state index < -0.39 is 12.0 Å². The van der Waals surface area contributed by atoms with E-state index in [9.17, 15) is 14.7 Å². The van der Waals surface area contributed by atoms with Crippen LogP contribution >= 0.6 is 0 Å². The molecule has 2 heterocycles. The van der Waals surface area contributed by atoms with Gasteiger partial charge in [-0.05, 0) is 24.8 Å². The Labute approximate surface area is 123 Å². The molecule has 112 valence electrons. The first-order valence-corrected chi connectivity index (χ1v) is 7.46. The SMILES string of the molecule is O=C(N[C@H](Cc1ccccc1)C(=O)O)C1CC2CCC1N2. The van der Waals surface area contributed by atoms with Gasteiger partial charge in [-0.1, -0.05) is 30.3 Å². The van der Waals surface area contributed by atoms with Crippen molar-refractivity contribution in [3.05, 3.63) is 35.9 Å². The second-order valence-corrected chi connectivity index (χ2v) is 5.98. The van der Waals surface area contributed by atoms with E-state index in [1.165, 1.54) is 0 Å². The molecular weight excluding hydrogens is 268 g/mol. The fourth-order valence-electron chi connectivity index (χ4n) is 3.44. The van der Waals surface area contributed by atoms with Gasteiger partial charge in [-0.3, -0.25) is 4.79 Å². The summed E-state index contributed by atoms with van der Waals surface area (Å²) in [6.07, 6.45) is 3.28. The zero-order valence-corrected chi connectivity index (χ0v) is 11.8. The molecule has 2 bridgehead atoms. The van der Waals surface area contributed by atoms with E-state index >= 15 is 0 Å². The van der Waals surface area contributed by atoms with Crippen molar-refractivity contribution in [1.29, 1.82) is 0 Å². The molecule has 2 aliphatic rings. The molecule has 1 amide bonds. The van der Waals surface area contributed by atoms with Crippen molar-refractivity contribution in [2.75, 3.05) is 0 Å². The van der Waals surface area contributed by atoms with Gasteiger partial charge in [0.2, 0.25) is 5.91 Å². The van der Waals surface area contributed by atoms with Gasteiger partial charge in [0.25, 0.3) is 0 Å². The number of amides is 1. The second-order valence-electron chi connectivity index (χ2n) is 5.98. The molecule has 0 radical (unpaired) electrons. The topological polar surface area (TPSA) is 78.4 Å². The molecule has 0 aromatic heterocycles. The lowest BCUT2D eigenvalue weighted by molar-refractivity contribution is -0.142. The summed E-state index contributed by atoms with van der Waals surface area (Å²) in [5.74, 6) is -1.19. The van der Waals surface area contributed by atoms with Gasteiger partial charge in [0.15, 0.2) is 0 Å². The van der Waals surface area contributed by atoms with E-state index in [1.54, 1.807) is 0 Å². The van der Waals surface area contributed by atoms with Gasteiger partial charge >= 0.3 is 5.97 Å². The maximum absolute atomic E-state index is 12.3. The lowest BCUT2D eigenvalue weighted by Crippen LogP contribution is -2.47. The fourth-order valence-corrected chi connectivity index (χ4v) is 3.44. The highest BCUT2D eigenvalue weighted by Crippen LogP contribution is 2.33. The number of nitrogens with one attached hydrogen (secondary N) is 2. The first-order chi connectivity index (χ1) is 10.1. The van der Waals surface area contributed by atoms with Crippen molar-refractivity contribution in [2.45, 2.75) is 43.8 Å². The third-order valence-corrected chi connectivity index (χ3v) is 4.53. The number of fused-ring (bicyclic) bond motifs is 2. The smallest absolute Gasteiger partial charge is 0.326 e. The van der Waals surface area contributed by atoms with Crippen molar-refractivity contribution in [1.82, 2.24) is 10.6 Å². The minimum absolute atomic E-state index is 0.0821. The molecule has 21 heavy (non-hydrogen) atoms. The van der Waals surface area contributed by atoms with Crippen LogP contribution in [-0.4, -0.2) is 35.1 Å². The van der Waals surface area contributed by atoms with Crippen LogP contribution in [0.25, 0.3) is 0 Å². The zero-order valence-electron chi connectivity index (χ0n) is 11.8. The van der Waals surface area contributed by atoms with E-state index in [0.717, 1.165) is 24.8 Å². The molecule has 1 aromatic carbocycles. The van der Waals surface area contributed by atoms with Crippen LogP contribution in [0.5, 0.6) is 0 Å². The van der Waals surface area contributed by atoms with Crippen molar-refractivity contribution in [3.63, 3.8) is 0 Å². The van der Waals surface area contributed by atoms with E-state index in [0.29, 0.717) is 12.5 Å². The van der Waals surface area contributed by atoms with Crippen molar-refractivity contribution in [2.24, 2.45) is 5.92 Å². The van der Waals surface area contributed by atoms with Crippen molar-refractivity contribution >= 4 is 11.9 Å². The Morgan fingerprint density at radius 3 is 2.62 bits per heavy atom. The number of aliphatic carboxylic acids is 1. The zero-order chi connectivity index (χ0) is 14.8. The summed E-state index contributed by atoms with van der Waals surface area (Å²) in [5, 5.41) is 15.4. The highest BCUT2D eigenvalue weighted by Gasteiger charge is 2.43. The molecule has 5 heteroatoms. The first kappa shape index (κ1) is 14.1. The Balaban J connectivity index is 1.62. The van der Waals surface area contributed by atoms with Crippen LogP contribution in [0.4, 0.5) is 0 Å². The third-order valence-electron chi connectivity index (χ3n) is 4.53. The summed E-state index contributed by atoms with van der Waals surface area (Å²) in [7, 11) is 0. The van der Waals surface area contributed by atoms with Gasteiger partial charge in [-0.15, -0.1) is 0 Å². The summed E-state index contributed by atoms with van der Waals surface area (Å²) < 4.78 is 0. The number of hydrogen-bond acceptors (Lipinski definition) is 3. The molecule has 0 spiro atoms. The number of carboxylic acids is 1. The van der Waals surface area contributed by atoms with Crippen molar-refractivity contribution < 1.29 is 14.7 Å². The van der Waals surface area contributed by atoms with Gasteiger partial charge in [0.05, 0.1) is 5.92 Å². The van der Waals surface area contributed by atoms with E-state index in [-0.39, 0.29) is 17.9 Å². The second kappa shape index (κ2) is 5.85. The average Bonchev–Trinajstić information content (AvgIpc) is 3.10. The summed E-state index contributed by atoms with van der Waals surface area (Å²) in [5.41, 5.74) is 0.913. The molecule has 3 N–H and O–H groups in total. The average molecular weight is 288 g/mol. The van der Waals surface area contributed by atoms with Crippen LogP contribution in [-0.2, 0) is 16.0 Å². The van der Waals surface area contributed by atoms with E-state index in [1.807, 2.05) is 30.3 Å². The monoisotopic (exact) mass is 288 g/mol. The lowest BCUT2D eigenvalue weighted by atomic mass is 9.88. The standard InChI is InChI=1S/C16H20N2O3/c19-15(12-9-11-6-7-13(12)17-11)18-14(16(20)21)8-10-4-2-1-3-5-10/h1-5,11-14,17H,6-9H2,(H,18,19)(H,20,21)/t11?,12?,13?,14-/m1/s1. The minimum atomic E-state index is -0.983. The largest absolute Gasteiger partial charge is 0.480 e. The molecule has 1 aromatic rings. The molecular formula is C16H20N2O3. The molecule has 3 rings (SSSR count). The van der Waals surface area contributed by atoms with E-state index in [4.69, 9.17) is 0 Å². The normalized spacial score (nSPS) is 28.3. The summed E-state index contributed by atoms with van der Waals surface area (Å²) >= 11 is 0. The molecule has 0 saturated carbocycles. The van der Waals surface area contributed by atoms with Gasteiger partial charge in [-0.2, -0.15) is 0 Å². The van der Waals surface area contributed by atoms with Crippen LogP contribution in [0.3, 0.4) is 0 Å². The molecule has 5 nitrogen and oxygen atoms in total. The number of carboxylic acid groups (broad SMARTS) is 1. The molecule has 4 atom stereocenters. The summed E-state index contributed by atoms with van der Waals surface area (Å²) in [6, 6.07) is 9.18. The highest BCUT2D eigenvalue weighted by molar-refractivity contribution is 5.86. The predicted molar refractivity (Wildman–Crippen MR) is 77.8 cm³/mol. The molecule has 2 aliphatic heterocycles. The van der Waals surface area contributed by atoms with Gasteiger partial charge in [0, 0.05) is 18.5 Å². The molecule has 2 saturated heterocycles. The Kier molecular flexibility index (Phi) is 3.92. The van der Waals surface area contributed by atoms with Crippen LogP contribution in [0.15, 0.2) is 30.3 Å². The number of rotatable bonds is 5. The lowest BCUT2D eigenvalue weighted by Gasteiger charge is -2.22. The number of carbonyl (C=O) groups excluding carboxylic acids is 1. The molecule has 2 fully saturated rings. The number of hydrogen-bond donors (Lipinski definition) is 3. The van der Waals surface area contributed by atoms with Crippen LogP contribution in [0.1, 0.15) is 24.8 Å². The van der Waals surface area contributed by atoms with E-state index in [2.05, 4.69) is 10.6 Å². The Hall–Kier alpha value is -1.88. The Bertz CT molecular complexity index is 532. The van der Waals surface area contributed by atoms with Crippen LogP contribution < -0.4 is 10.6 Å².